The van der Waals surface area contributed by atoms with Crippen molar-refractivity contribution in [3.05, 3.63) is 23.8 Å². The Hall–Kier alpha value is -1.89. The Morgan fingerprint density at radius 3 is 3.00 bits per heavy atom. The summed E-state index contributed by atoms with van der Waals surface area (Å²) in [4.78, 5) is 18.6. The molecule has 0 aliphatic rings. The maximum absolute atomic E-state index is 10.9. The van der Waals surface area contributed by atoms with E-state index in [1.54, 1.807) is 13.0 Å². The summed E-state index contributed by atoms with van der Waals surface area (Å²) in [7, 11) is 0. The van der Waals surface area contributed by atoms with Gasteiger partial charge in [-0.1, -0.05) is 0 Å². The number of aryl methyl sites for hydroxylation is 1. The molecule has 14 heavy (non-hydrogen) atoms. The number of esters is 1. The molecule has 0 aromatic carbocycles. The molecule has 0 N–H and O–H groups in total. The van der Waals surface area contributed by atoms with E-state index in [-0.39, 0.29) is 0 Å². The monoisotopic (exact) mass is 190 g/mol. The highest BCUT2D eigenvalue weighted by Crippen LogP contribution is 1.93. The molecule has 0 unspecified atom stereocenters. The van der Waals surface area contributed by atoms with Crippen LogP contribution >= 0.6 is 0 Å². The first kappa shape index (κ1) is 10.2. The van der Waals surface area contributed by atoms with E-state index in [1.807, 2.05) is 6.92 Å². The Kier molecular flexibility index (Phi) is 3.62. The van der Waals surface area contributed by atoms with Crippen LogP contribution in [0.2, 0.25) is 0 Å². The number of nitrogens with zero attached hydrogens (tertiary/aromatic N) is 2. The molecule has 72 valence electrons. The molecule has 0 spiro atoms. The summed E-state index contributed by atoms with van der Waals surface area (Å²) in [6.45, 7) is 3.89. The van der Waals surface area contributed by atoms with Gasteiger partial charge in [-0.3, -0.25) is 0 Å². The minimum atomic E-state index is -0.538. The molecular weight excluding hydrogens is 180 g/mol. The summed E-state index contributed by atoms with van der Waals surface area (Å²) in [5.41, 5.74) is 1.33. The Labute approximate surface area is 82.3 Å². The second-order valence-corrected chi connectivity index (χ2v) is 2.52. The van der Waals surface area contributed by atoms with Crippen molar-refractivity contribution in [3.63, 3.8) is 0 Å². The van der Waals surface area contributed by atoms with E-state index < -0.39 is 5.97 Å². The van der Waals surface area contributed by atoms with Crippen molar-refractivity contribution < 1.29 is 9.53 Å². The Balaban J connectivity index is 2.72. The molecule has 0 bridgehead atoms. The third-order valence-electron chi connectivity index (χ3n) is 1.37. The quantitative estimate of drug-likeness (QED) is 0.483. The first-order valence-electron chi connectivity index (χ1n) is 4.19. The maximum atomic E-state index is 10.9. The van der Waals surface area contributed by atoms with Crippen LogP contribution in [0.25, 0.3) is 0 Å². The van der Waals surface area contributed by atoms with Crippen molar-refractivity contribution in [2.24, 2.45) is 0 Å². The van der Waals surface area contributed by atoms with Crippen LogP contribution in [0.3, 0.4) is 0 Å². The van der Waals surface area contributed by atoms with E-state index >= 15 is 0 Å². The molecule has 1 aromatic heterocycles. The van der Waals surface area contributed by atoms with Crippen molar-refractivity contribution in [1.82, 2.24) is 9.97 Å². The molecule has 0 aliphatic heterocycles. The smallest absolute Gasteiger partial charge is 0.384 e. The lowest BCUT2D eigenvalue weighted by atomic mass is 10.3. The predicted octanol–water partition coefficient (Wildman–Crippen LogP) is 0.700. The topological polar surface area (TPSA) is 52.1 Å². The van der Waals surface area contributed by atoms with Gasteiger partial charge in [0.1, 0.15) is 12.0 Å². The van der Waals surface area contributed by atoms with E-state index in [4.69, 9.17) is 0 Å². The highest BCUT2D eigenvalue weighted by molar-refractivity contribution is 5.88. The second-order valence-electron chi connectivity index (χ2n) is 2.52. The zero-order valence-electron chi connectivity index (χ0n) is 8.07. The number of aromatic nitrogens is 2. The van der Waals surface area contributed by atoms with Crippen molar-refractivity contribution in [3.8, 4) is 11.8 Å². The first-order valence-corrected chi connectivity index (χ1v) is 4.19. The van der Waals surface area contributed by atoms with Gasteiger partial charge in [0, 0.05) is 11.6 Å². The number of carbonyl (C=O) groups excluding carboxylic acids is 1. The third-order valence-corrected chi connectivity index (χ3v) is 1.37. The highest BCUT2D eigenvalue weighted by atomic mass is 16.5. The van der Waals surface area contributed by atoms with Gasteiger partial charge in [0.05, 0.1) is 6.61 Å². The maximum Gasteiger partial charge on any atom is 0.384 e. The summed E-state index contributed by atoms with van der Waals surface area (Å²) in [6.07, 6.45) is 1.41. The molecule has 1 aromatic rings. The fraction of sp³-hybridized carbons (Fsp3) is 0.300. The largest absolute Gasteiger partial charge is 0.456 e. The minimum Gasteiger partial charge on any atom is -0.456 e. The predicted molar refractivity (Wildman–Crippen MR) is 50.3 cm³/mol. The average molecular weight is 190 g/mol. The molecule has 1 rings (SSSR count). The van der Waals surface area contributed by atoms with E-state index in [0.717, 1.165) is 5.69 Å². The number of carbonyl (C=O) groups is 1. The molecule has 0 fully saturated rings. The summed E-state index contributed by atoms with van der Waals surface area (Å²) >= 11 is 0. The van der Waals surface area contributed by atoms with Crippen molar-refractivity contribution in [2.45, 2.75) is 13.8 Å². The van der Waals surface area contributed by atoms with Crippen molar-refractivity contribution in [2.75, 3.05) is 6.61 Å². The molecule has 0 saturated carbocycles. The molecule has 0 aliphatic carbocycles. The van der Waals surface area contributed by atoms with Gasteiger partial charge < -0.3 is 4.74 Å². The summed E-state index contributed by atoms with van der Waals surface area (Å²) in [5.74, 6) is 4.38. The molecular formula is C10H10N2O2. The summed E-state index contributed by atoms with van der Waals surface area (Å²) < 4.78 is 4.64. The van der Waals surface area contributed by atoms with Crippen LogP contribution in [-0.4, -0.2) is 22.5 Å². The highest BCUT2D eigenvalue weighted by Gasteiger charge is 1.94. The fourth-order valence-corrected chi connectivity index (χ4v) is 0.805. The van der Waals surface area contributed by atoms with Gasteiger partial charge >= 0.3 is 5.97 Å². The standard InChI is InChI=1S/C10H10N2O2/c1-3-14-10(13)5-4-9-6-8(2)11-7-12-9/h6-7H,3H2,1-2H3. The molecule has 4 nitrogen and oxygen atoms in total. The van der Waals surface area contributed by atoms with Gasteiger partial charge in [-0.15, -0.1) is 0 Å². The van der Waals surface area contributed by atoms with E-state index in [2.05, 4.69) is 26.5 Å². The number of ether oxygens (including phenoxy) is 1. The average Bonchev–Trinajstić information content (AvgIpc) is 2.15. The number of hydrogen-bond acceptors (Lipinski definition) is 4. The molecule has 4 heteroatoms. The van der Waals surface area contributed by atoms with Gasteiger partial charge in [-0.25, -0.2) is 14.8 Å². The van der Waals surface area contributed by atoms with Crippen molar-refractivity contribution >= 4 is 5.97 Å². The zero-order valence-corrected chi connectivity index (χ0v) is 8.07. The lowest BCUT2D eigenvalue weighted by molar-refractivity contribution is -0.136. The van der Waals surface area contributed by atoms with Gasteiger partial charge in [0.15, 0.2) is 0 Å². The van der Waals surface area contributed by atoms with Crippen LogP contribution in [0.5, 0.6) is 0 Å². The Bertz CT molecular complexity index is 391. The number of rotatable bonds is 1. The Morgan fingerprint density at radius 2 is 2.36 bits per heavy atom. The van der Waals surface area contributed by atoms with Crippen molar-refractivity contribution in [1.29, 1.82) is 0 Å². The molecule has 1 heterocycles. The van der Waals surface area contributed by atoms with E-state index in [1.165, 1.54) is 6.33 Å². The van der Waals surface area contributed by atoms with E-state index in [9.17, 15) is 4.79 Å². The molecule has 0 saturated heterocycles. The molecule has 0 amide bonds. The molecule has 0 atom stereocenters. The summed E-state index contributed by atoms with van der Waals surface area (Å²) in [5, 5.41) is 0. The van der Waals surface area contributed by atoms with Gasteiger partial charge in [0.2, 0.25) is 0 Å². The lowest BCUT2D eigenvalue weighted by Crippen LogP contribution is -1.99. The minimum absolute atomic E-state index is 0.330. The van der Waals surface area contributed by atoms with Crippen LogP contribution in [-0.2, 0) is 9.53 Å². The van der Waals surface area contributed by atoms with Crippen LogP contribution in [0, 0.1) is 18.8 Å². The fourth-order valence-electron chi connectivity index (χ4n) is 0.805. The Morgan fingerprint density at radius 1 is 1.57 bits per heavy atom. The van der Waals surface area contributed by atoms with Gasteiger partial charge in [-0.2, -0.15) is 0 Å². The lowest BCUT2D eigenvalue weighted by Gasteiger charge is -1.92. The zero-order chi connectivity index (χ0) is 10.4. The normalized spacial score (nSPS) is 8.71. The van der Waals surface area contributed by atoms with E-state index in [0.29, 0.717) is 12.3 Å². The van der Waals surface area contributed by atoms with Crippen LogP contribution < -0.4 is 0 Å². The summed E-state index contributed by atoms with van der Waals surface area (Å²) in [6, 6.07) is 1.70. The second kappa shape index (κ2) is 4.97. The van der Waals surface area contributed by atoms with Crippen LogP contribution in [0.1, 0.15) is 18.3 Å². The SMILES string of the molecule is CCOC(=O)C#Cc1cc(C)ncn1. The number of hydrogen-bond donors (Lipinski definition) is 0. The van der Waals surface area contributed by atoms with Gasteiger partial charge in [0.25, 0.3) is 0 Å². The first-order chi connectivity index (χ1) is 6.72. The van der Waals surface area contributed by atoms with Crippen LogP contribution in [0.15, 0.2) is 12.4 Å². The van der Waals surface area contributed by atoms with Crippen LogP contribution in [0.4, 0.5) is 0 Å². The third kappa shape index (κ3) is 3.23. The molecule has 0 radical (unpaired) electrons. The van der Waals surface area contributed by atoms with Gasteiger partial charge in [-0.05, 0) is 25.8 Å².